The van der Waals surface area contributed by atoms with Gasteiger partial charge >= 0.3 is 6.03 Å². The highest BCUT2D eigenvalue weighted by Gasteiger charge is 2.42. The molecule has 4 aromatic rings. The number of nitrogens with one attached hydrogen (secondary N) is 1. The summed E-state index contributed by atoms with van der Waals surface area (Å²) in [6.07, 6.45) is 8.05. The van der Waals surface area contributed by atoms with Crippen LogP contribution in [0.4, 0.5) is 10.5 Å². The lowest BCUT2D eigenvalue weighted by atomic mass is 9.77. The van der Waals surface area contributed by atoms with E-state index >= 15 is 0 Å². The predicted molar refractivity (Wildman–Crippen MR) is 149 cm³/mol. The first-order valence-corrected chi connectivity index (χ1v) is 13.5. The fraction of sp³-hybridized carbons (Fsp3) is 0.310. The van der Waals surface area contributed by atoms with Crippen molar-refractivity contribution in [3.63, 3.8) is 0 Å². The number of halogens is 1. The number of hydrogen-bond acceptors (Lipinski definition) is 6. The van der Waals surface area contributed by atoms with E-state index in [9.17, 15) is 4.79 Å². The van der Waals surface area contributed by atoms with Gasteiger partial charge in [-0.05, 0) is 91.9 Å². The molecule has 4 heterocycles. The van der Waals surface area contributed by atoms with Gasteiger partial charge in [0.25, 0.3) is 0 Å². The zero-order valence-corrected chi connectivity index (χ0v) is 22.3. The van der Waals surface area contributed by atoms with E-state index in [-0.39, 0.29) is 11.4 Å². The Labute approximate surface area is 232 Å². The normalized spacial score (nSPS) is 16.9. The molecule has 0 atom stereocenters. The number of rotatable bonds is 6. The monoisotopic (exact) mass is 543 g/mol. The van der Waals surface area contributed by atoms with Crippen molar-refractivity contribution in [1.29, 1.82) is 0 Å². The van der Waals surface area contributed by atoms with Crippen LogP contribution in [0.5, 0.6) is 11.5 Å². The van der Waals surface area contributed by atoms with E-state index in [0.717, 1.165) is 63.5 Å². The molecule has 2 aliphatic heterocycles. The number of likely N-dealkylation sites (tertiary alicyclic amines) is 2. The van der Waals surface area contributed by atoms with Crippen molar-refractivity contribution in [1.82, 2.24) is 29.8 Å². The molecular weight excluding hydrogens is 514 g/mol. The first-order valence-electron chi connectivity index (χ1n) is 13.2. The Kier molecular flexibility index (Phi) is 7.17. The Morgan fingerprint density at radius 1 is 0.949 bits per heavy atom. The van der Waals surface area contributed by atoms with Gasteiger partial charge in [-0.25, -0.2) is 9.78 Å². The maximum atomic E-state index is 13.0. The van der Waals surface area contributed by atoms with Gasteiger partial charge in [-0.1, -0.05) is 23.7 Å². The average Bonchev–Trinajstić information content (AvgIpc) is 3.64. The molecule has 2 aliphatic rings. The van der Waals surface area contributed by atoms with Crippen molar-refractivity contribution in [2.45, 2.75) is 25.8 Å². The van der Waals surface area contributed by atoms with Crippen molar-refractivity contribution in [2.75, 3.05) is 31.5 Å². The van der Waals surface area contributed by atoms with E-state index in [0.29, 0.717) is 16.5 Å². The quantitative estimate of drug-likeness (QED) is 0.339. The molecule has 2 saturated heterocycles. The lowest BCUT2D eigenvalue weighted by Gasteiger charge is -2.39. The molecule has 1 spiro atoms. The number of piperidine rings is 1. The van der Waals surface area contributed by atoms with Gasteiger partial charge in [0, 0.05) is 24.7 Å². The third-order valence-electron chi connectivity index (χ3n) is 7.62. The van der Waals surface area contributed by atoms with E-state index in [4.69, 9.17) is 16.3 Å². The summed E-state index contributed by atoms with van der Waals surface area (Å²) >= 11 is 5.98. The van der Waals surface area contributed by atoms with E-state index in [1.54, 1.807) is 24.7 Å². The Hall–Kier alpha value is -3.95. The summed E-state index contributed by atoms with van der Waals surface area (Å²) in [6, 6.07) is 19.2. The molecule has 0 saturated carbocycles. The number of aromatic nitrogens is 4. The van der Waals surface area contributed by atoms with Crippen LogP contribution in [0.25, 0.3) is 5.82 Å². The average molecular weight is 544 g/mol. The number of pyridine rings is 1. The summed E-state index contributed by atoms with van der Waals surface area (Å²) in [5.74, 6) is 2.19. The number of ether oxygens (including phenoxy) is 1. The van der Waals surface area contributed by atoms with Gasteiger partial charge in [0.1, 0.15) is 11.5 Å². The van der Waals surface area contributed by atoms with E-state index in [2.05, 4.69) is 37.5 Å². The number of anilines is 1. The third-order valence-corrected chi connectivity index (χ3v) is 7.87. The number of carbonyl (C=O) groups is 1. The second kappa shape index (κ2) is 11.0. The molecule has 2 fully saturated rings. The van der Waals surface area contributed by atoms with Crippen molar-refractivity contribution < 1.29 is 9.53 Å². The van der Waals surface area contributed by atoms with Crippen molar-refractivity contribution in [2.24, 2.45) is 5.41 Å². The lowest BCUT2D eigenvalue weighted by Crippen LogP contribution is -2.42. The first kappa shape index (κ1) is 25.3. The molecule has 2 amide bonds. The SMILES string of the molecule is O=C(Nc1ccc(-n2nccn2)nc1)N1CCC2(CCN(Cc3cccc(Oc4ccc(Cl)cc4)c3)CC2)C1. The summed E-state index contributed by atoms with van der Waals surface area (Å²) in [7, 11) is 0. The summed E-state index contributed by atoms with van der Waals surface area (Å²) in [5, 5.41) is 11.8. The molecule has 2 aromatic carbocycles. The second-order valence-corrected chi connectivity index (χ2v) is 10.7. The molecule has 200 valence electrons. The highest BCUT2D eigenvalue weighted by molar-refractivity contribution is 6.30. The van der Waals surface area contributed by atoms with Crippen LogP contribution in [0, 0.1) is 5.41 Å². The van der Waals surface area contributed by atoms with Crippen LogP contribution in [0.15, 0.2) is 79.3 Å². The van der Waals surface area contributed by atoms with E-state index in [1.165, 1.54) is 10.4 Å². The van der Waals surface area contributed by atoms with Crippen LogP contribution in [-0.4, -0.2) is 62.0 Å². The van der Waals surface area contributed by atoms with Gasteiger partial charge in [0.05, 0.1) is 24.3 Å². The molecule has 6 rings (SSSR count). The minimum atomic E-state index is -0.0708. The fourth-order valence-corrected chi connectivity index (χ4v) is 5.55. The Bertz CT molecular complexity index is 1400. The van der Waals surface area contributed by atoms with Crippen LogP contribution < -0.4 is 10.1 Å². The van der Waals surface area contributed by atoms with E-state index < -0.39 is 0 Å². The molecule has 0 radical (unpaired) electrons. The van der Waals surface area contributed by atoms with Crippen molar-refractivity contribution >= 4 is 23.3 Å². The van der Waals surface area contributed by atoms with Crippen LogP contribution in [-0.2, 0) is 6.54 Å². The highest BCUT2D eigenvalue weighted by Crippen LogP contribution is 2.41. The van der Waals surface area contributed by atoms with Gasteiger partial charge in [-0.3, -0.25) is 4.90 Å². The van der Waals surface area contributed by atoms with Crippen LogP contribution in [0.1, 0.15) is 24.8 Å². The van der Waals surface area contributed by atoms with Gasteiger partial charge in [0.15, 0.2) is 5.82 Å². The zero-order chi connectivity index (χ0) is 26.7. The summed E-state index contributed by atoms with van der Waals surface area (Å²) in [6.45, 7) is 4.49. The van der Waals surface area contributed by atoms with Crippen LogP contribution in [0.2, 0.25) is 5.02 Å². The molecule has 2 aromatic heterocycles. The van der Waals surface area contributed by atoms with Crippen LogP contribution >= 0.6 is 11.6 Å². The second-order valence-electron chi connectivity index (χ2n) is 10.3. The molecule has 10 heteroatoms. The largest absolute Gasteiger partial charge is 0.457 e. The van der Waals surface area contributed by atoms with Gasteiger partial charge in [0.2, 0.25) is 0 Å². The molecule has 0 bridgehead atoms. The number of nitrogens with zero attached hydrogens (tertiary/aromatic N) is 6. The maximum Gasteiger partial charge on any atom is 0.321 e. The molecular formula is C29H30ClN7O2. The summed E-state index contributed by atoms with van der Waals surface area (Å²) in [4.78, 5) is 23.2. The Morgan fingerprint density at radius 3 is 2.46 bits per heavy atom. The summed E-state index contributed by atoms with van der Waals surface area (Å²) < 4.78 is 6.01. The maximum absolute atomic E-state index is 13.0. The minimum Gasteiger partial charge on any atom is -0.457 e. The van der Waals surface area contributed by atoms with Gasteiger partial charge < -0.3 is 15.0 Å². The number of carbonyl (C=O) groups excluding carboxylic acids is 1. The summed E-state index contributed by atoms with van der Waals surface area (Å²) in [5.41, 5.74) is 2.09. The Balaban J connectivity index is 0.990. The lowest BCUT2D eigenvalue weighted by molar-refractivity contribution is 0.106. The highest BCUT2D eigenvalue weighted by atomic mass is 35.5. The molecule has 1 N–H and O–H groups in total. The minimum absolute atomic E-state index is 0.0708. The van der Waals surface area contributed by atoms with Crippen LogP contribution in [0.3, 0.4) is 0 Å². The van der Waals surface area contributed by atoms with Crippen molar-refractivity contribution in [3.05, 3.63) is 89.8 Å². The Morgan fingerprint density at radius 2 is 1.72 bits per heavy atom. The number of urea groups is 1. The topological polar surface area (TPSA) is 88.4 Å². The van der Waals surface area contributed by atoms with Gasteiger partial charge in [-0.2, -0.15) is 10.2 Å². The molecule has 0 unspecified atom stereocenters. The smallest absolute Gasteiger partial charge is 0.321 e. The predicted octanol–water partition coefficient (Wildman–Crippen LogP) is 5.63. The molecule has 39 heavy (non-hydrogen) atoms. The number of amides is 2. The van der Waals surface area contributed by atoms with E-state index in [1.807, 2.05) is 47.4 Å². The fourth-order valence-electron chi connectivity index (χ4n) is 5.42. The number of hydrogen-bond donors (Lipinski definition) is 1. The number of benzene rings is 2. The standard InChI is InChI=1S/C29H30ClN7O2/c30-23-4-7-25(8-5-23)39-26-3-1-2-22(18-26)20-35-15-10-29(11-16-35)12-17-36(21-29)28(38)34-24-6-9-27(31-19-24)37-32-13-14-33-37/h1-9,13-14,18-19H,10-12,15-17,20-21H2,(H,34,38). The van der Waals surface area contributed by atoms with Crippen molar-refractivity contribution in [3.8, 4) is 17.3 Å². The van der Waals surface area contributed by atoms with Gasteiger partial charge in [-0.15, -0.1) is 4.80 Å². The molecule has 0 aliphatic carbocycles. The first-order chi connectivity index (χ1) is 19.0. The zero-order valence-electron chi connectivity index (χ0n) is 21.5. The third kappa shape index (κ3) is 6.05. The molecule has 9 nitrogen and oxygen atoms in total.